The molecule has 1 N–H and O–H groups in total. The van der Waals surface area contributed by atoms with E-state index < -0.39 is 0 Å². The van der Waals surface area contributed by atoms with Crippen molar-refractivity contribution in [1.82, 2.24) is 0 Å². The minimum absolute atomic E-state index is 0.846. The third kappa shape index (κ3) is 3.49. The second kappa shape index (κ2) is 6.24. The minimum Gasteiger partial charge on any atom is -0.487 e. The van der Waals surface area contributed by atoms with Crippen molar-refractivity contribution in [3.63, 3.8) is 0 Å². The quantitative estimate of drug-likeness (QED) is 0.861. The monoisotopic (exact) mass is 248 g/mol. The maximum atomic E-state index is 5.98. The highest BCUT2D eigenvalue weighted by Crippen LogP contribution is 2.22. The number of aryl methyl sites for hydroxylation is 2. The number of likely N-dealkylation sites (tertiary alicyclic amines) is 1. The van der Waals surface area contributed by atoms with Gasteiger partial charge in [0.05, 0.1) is 13.1 Å². The number of benzene rings is 1. The predicted octanol–water partition coefficient (Wildman–Crippen LogP) is 2.06. The number of ether oxygens (including phenoxy) is 1. The largest absolute Gasteiger partial charge is 0.487 e. The van der Waals surface area contributed by atoms with Crippen LogP contribution in [0.1, 0.15) is 36.0 Å². The molecule has 2 nitrogen and oxygen atoms in total. The van der Waals surface area contributed by atoms with Gasteiger partial charge in [-0.15, -0.1) is 0 Å². The van der Waals surface area contributed by atoms with Gasteiger partial charge < -0.3 is 9.64 Å². The van der Waals surface area contributed by atoms with E-state index in [9.17, 15) is 0 Å². The third-order valence-electron chi connectivity index (χ3n) is 4.04. The molecule has 1 aromatic rings. The molecule has 1 aliphatic heterocycles. The second-order valence-electron chi connectivity index (χ2n) is 5.61. The number of piperidine rings is 1. The van der Waals surface area contributed by atoms with Gasteiger partial charge in [-0.1, -0.05) is 6.07 Å². The lowest BCUT2D eigenvalue weighted by Crippen LogP contribution is -3.13. The van der Waals surface area contributed by atoms with Crippen LogP contribution in [-0.4, -0.2) is 26.2 Å². The average Bonchev–Trinajstić information content (AvgIpc) is 2.36. The Morgan fingerprint density at radius 3 is 2.50 bits per heavy atom. The van der Waals surface area contributed by atoms with E-state index in [4.69, 9.17) is 4.74 Å². The molecular formula is C16H26NO+. The van der Waals surface area contributed by atoms with Crippen LogP contribution in [0.3, 0.4) is 0 Å². The Morgan fingerprint density at radius 2 is 1.78 bits per heavy atom. The van der Waals surface area contributed by atoms with Crippen LogP contribution in [0.2, 0.25) is 0 Å². The van der Waals surface area contributed by atoms with Crippen LogP contribution in [0, 0.1) is 20.8 Å². The maximum absolute atomic E-state index is 5.98. The maximum Gasteiger partial charge on any atom is 0.137 e. The Labute approximate surface area is 111 Å². The highest BCUT2D eigenvalue weighted by atomic mass is 16.5. The first-order chi connectivity index (χ1) is 8.66. The van der Waals surface area contributed by atoms with Crippen LogP contribution < -0.4 is 9.64 Å². The van der Waals surface area contributed by atoms with Crippen LogP contribution in [0.15, 0.2) is 12.1 Å². The van der Waals surface area contributed by atoms with Crippen molar-refractivity contribution in [2.45, 2.75) is 40.0 Å². The molecule has 0 bridgehead atoms. The average molecular weight is 248 g/mol. The molecule has 0 saturated carbocycles. The lowest BCUT2D eigenvalue weighted by atomic mass is 10.1. The molecule has 1 aromatic carbocycles. The summed E-state index contributed by atoms with van der Waals surface area (Å²) in [6.07, 6.45) is 4.19. The first-order valence-corrected chi connectivity index (χ1v) is 7.21. The Morgan fingerprint density at radius 1 is 1.06 bits per heavy atom. The van der Waals surface area contributed by atoms with E-state index >= 15 is 0 Å². The van der Waals surface area contributed by atoms with Crippen molar-refractivity contribution in [1.29, 1.82) is 0 Å². The first kappa shape index (κ1) is 13.4. The van der Waals surface area contributed by atoms with Crippen molar-refractivity contribution >= 4 is 0 Å². The Balaban J connectivity index is 1.86. The molecule has 2 heteroatoms. The normalized spacial score (nSPS) is 16.8. The molecule has 2 rings (SSSR count). The summed E-state index contributed by atoms with van der Waals surface area (Å²) >= 11 is 0. The minimum atomic E-state index is 0.846. The Bertz CT molecular complexity index is 394. The third-order valence-corrected chi connectivity index (χ3v) is 4.04. The van der Waals surface area contributed by atoms with E-state index in [0.29, 0.717) is 0 Å². The summed E-state index contributed by atoms with van der Waals surface area (Å²) in [5, 5.41) is 0. The summed E-state index contributed by atoms with van der Waals surface area (Å²) in [6.45, 7) is 11.1. The first-order valence-electron chi connectivity index (χ1n) is 7.21. The van der Waals surface area contributed by atoms with Crippen molar-refractivity contribution in [2.75, 3.05) is 26.2 Å². The number of quaternary nitrogens is 1. The molecule has 18 heavy (non-hydrogen) atoms. The summed E-state index contributed by atoms with van der Waals surface area (Å²) in [4.78, 5) is 1.71. The highest BCUT2D eigenvalue weighted by molar-refractivity contribution is 5.41. The van der Waals surface area contributed by atoms with Gasteiger partial charge in [-0.2, -0.15) is 0 Å². The fraction of sp³-hybridized carbons (Fsp3) is 0.625. The topological polar surface area (TPSA) is 13.7 Å². The van der Waals surface area contributed by atoms with Gasteiger partial charge in [0.25, 0.3) is 0 Å². The number of nitrogens with one attached hydrogen (secondary N) is 1. The van der Waals surface area contributed by atoms with E-state index in [2.05, 4.69) is 32.9 Å². The molecule has 0 spiro atoms. The van der Waals surface area contributed by atoms with Crippen molar-refractivity contribution in [2.24, 2.45) is 0 Å². The van der Waals surface area contributed by atoms with E-state index in [1.54, 1.807) is 4.90 Å². The fourth-order valence-corrected chi connectivity index (χ4v) is 2.76. The molecule has 1 heterocycles. The van der Waals surface area contributed by atoms with Gasteiger partial charge in [-0.05, 0) is 62.8 Å². The van der Waals surface area contributed by atoms with E-state index in [0.717, 1.165) is 18.9 Å². The van der Waals surface area contributed by atoms with Gasteiger partial charge in [-0.3, -0.25) is 0 Å². The smallest absolute Gasteiger partial charge is 0.137 e. The van der Waals surface area contributed by atoms with Crippen molar-refractivity contribution in [3.8, 4) is 5.75 Å². The summed E-state index contributed by atoms with van der Waals surface area (Å²) < 4.78 is 5.98. The van der Waals surface area contributed by atoms with E-state index in [-0.39, 0.29) is 0 Å². The second-order valence-corrected chi connectivity index (χ2v) is 5.61. The van der Waals surface area contributed by atoms with E-state index in [1.807, 2.05) is 0 Å². The molecule has 1 aliphatic rings. The van der Waals surface area contributed by atoms with Gasteiger partial charge in [0.15, 0.2) is 0 Å². The molecular weight excluding hydrogens is 222 g/mol. The number of hydrogen-bond donors (Lipinski definition) is 1. The zero-order valence-electron chi connectivity index (χ0n) is 12.0. The van der Waals surface area contributed by atoms with Crippen molar-refractivity contribution in [3.05, 3.63) is 28.8 Å². The van der Waals surface area contributed by atoms with Crippen LogP contribution in [0.25, 0.3) is 0 Å². The molecule has 0 radical (unpaired) electrons. The van der Waals surface area contributed by atoms with Gasteiger partial charge >= 0.3 is 0 Å². The molecule has 0 unspecified atom stereocenters. The van der Waals surface area contributed by atoms with Crippen LogP contribution in [0.4, 0.5) is 0 Å². The van der Waals surface area contributed by atoms with Gasteiger partial charge in [-0.25, -0.2) is 0 Å². The molecule has 0 amide bonds. The zero-order chi connectivity index (χ0) is 13.0. The Kier molecular flexibility index (Phi) is 4.65. The van der Waals surface area contributed by atoms with Crippen LogP contribution >= 0.6 is 0 Å². The summed E-state index contributed by atoms with van der Waals surface area (Å²) in [6, 6.07) is 4.38. The molecule has 1 fully saturated rings. The highest BCUT2D eigenvalue weighted by Gasteiger charge is 2.13. The summed E-state index contributed by atoms with van der Waals surface area (Å²) in [5.41, 5.74) is 3.91. The lowest BCUT2D eigenvalue weighted by molar-refractivity contribution is -0.904. The SMILES string of the molecule is Cc1cc(C)c(C)c(OCC[NH+]2CCCCC2)c1. The van der Waals surface area contributed by atoms with Gasteiger partial charge in [0.2, 0.25) is 0 Å². The number of rotatable bonds is 4. The predicted molar refractivity (Wildman–Crippen MR) is 75.6 cm³/mol. The molecule has 1 saturated heterocycles. The molecule has 100 valence electrons. The number of hydrogen-bond acceptors (Lipinski definition) is 1. The lowest BCUT2D eigenvalue weighted by Gasteiger charge is -2.23. The van der Waals surface area contributed by atoms with Gasteiger partial charge in [0, 0.05) is 0 Å². The molecule has 0 aromatic heterocycles. The van der Waals surface area contributed by atoms with Crippen molar-refractivity contribution < 1.29 is 9.64 Å². The summed E-state index contributed by atoms with van der Waals surface area (Å²) in [7, 11) is 0. The standard InChI is InChI=1S/C16H25NO/c1-13-11-14(2)15(3)16(12-13)18-10-9-17-7-5-4-6-8-17/h11-12H,4-10H2,1-3H3/p+1. The molecule has 0 atom stereocenters. The Hall–Kier alpha value is -1.02. The van der Waals surface area contributed by atoms with Crippen LogP contribution in [-0.2, 0) is 0 Å². The summed E-state index contributed by atoms with van der Waals surface area (Å²) in [5.74, 6) is 1.07. The van der Waals surface area contributed by atoms with Gasteiger partial charge in [0.1, 0.15) is 18.9 Å². The van der Waals surface area contributed by atoms with Crippen LogP contribution in [0.5, 0.6) is 5.75 Å². The zero-order valence-corrected chi connectivity index (χ0v) is 12.0. The fourth-order valence-electron chi connectivity index (χ4n) is 2.76. The van der Waals surface area contributed by atoms with E-state index in [1.165, 1.54) is 49.0 Å². The molecule has 0 aliphatic carbocycles.